The fourth-order valence-electron chi connectivity index (χ4n) is 3.65. The molecule has 0 saturated carbocycles. The van der Waals surface area contributed by atoms with E-state index in [2.05, 4.69) is 4.98 Å². The Labute approximate surface area is 179 Å². The van der Waals surface area contributed by atoms with Crippen molar-refractivity contribution in [2.45, 2.75) is 6.04 Å². The number of ether oxygens (including phenoxy) is 2. The number of pyridine rings is 1. The van der Waals surface area contributed by atoms with Crippen LogP contribution in [0.2, 0.25) is 0 Å². The van der Waals surface area contributed by atoms with E-state index in [4.69, 9.17) is 9.47 Å². The maximum atomic E-state index is 13.4. The van der Waals surface area contributed by atoms with Gasteiger partial charge in [-0.25, -0.2) is 4.98 Å². The number of carbonyl (C=O) groups is 2. The molecule has 0 aliphatic carbocycles. The van der Waals surface area contributed by atoms with Crippen molar-refractivity contribution in [2.24, 2.45) is 0 Å². The number of methoxy groups -OCH3 is 2. The van der Waals surface area contributed by atoms with Gasteiger partial charge in [-0.3, -0.25) is 14.5 Å². The number of hydrogen-bond acceptors (Lipinski definition) is 6. The number of aromatic nitrogens is 1. The Hall–Kier alpha value is -4.13. The van der Waals surface area contributed by atoms with Crippen molar-refractivity contribution < 1.29 is 24.2 Å². The largest absolute Gasteiger partial charge is 0.503 e. The molecule has 1 aliphatic heterocycles. The minimum atomic E-state index is -0.894. The molecule has 0 spiro atoms. The molecule has 1 unspecified atom stereocenters. The molecule has 4 rings (SSSR count). The van der Waals surface area contributed by atoms with Crippen LogP contribution in [0.4, 0.5) is 5.82 Å². The van der Waals surface area contributed by atoms with E-state index in [1.165, 1.54) is 19.1 Å². The predicted octanol–water partition coefficient (Wildman–Crippen LogP) is 3.88. The van der Waals surface area contributed by atoms with Gasteiger partial charge in [-0.1, -0.05) is 42.5 Å². The van der Waals surface area contributed by atoms with Crippen LogP contribution in [0, 0.1) is 0 Å². The number of rotatable bonds is 6. The van der Waals surface area contributed by atoms with Gasteiger partial charge < -0.3 is 14.6 Å². The Bertz CT molecular complexity index is 1160. The van der Waals surface area contributed by atoms with Crippen molar-refractivity contribution in [1.29, 1.82) is 0 Å². The first-order valence-corrected chi connectivity index (χ1v) is 9.56. The van der Waals surface area contributed by atoms with Crippen molar-refractivity contribution in [1.82, 2.24) is 4.98 Å². The van der Waals surface area contributed by atoms with Crippen LogP contribution in [0.3, 0.4) is 0 Å². The maximum Gasteiger partial charge on any atom is 0.295 e. The number of aliphatic hydroxyl groups is 1. The predicted molar refractivity (Wildman–Crippen MR) is 114 cm³/mol. The topological polar surface area (TPSA) is 89.0 Å². The molecule has 2 heterocycles. The first-order chi connectivity index (χ1) is 15.1. The van der Waals surface area contributed by atoms with Gasteiger partial charge in [0.2, 0.25) is 0 Å². The van der Waals surface area contributed by atoms with Gasteiger partial charge in [0.15, 0.2) is 23.0 Å². The summed E-state index contributed by atoms with van der Waals surface area (Å²) in [7, 11) is 3.02. The van der Waals surface area contributed by atoms with Crippen LogP contribution in [0.15, 0.2) is 84.3 Å². The van der Waals surface area contributed by atoms with Crippen molar-refractivity contribution in [3.8, 4) is 11.5 Å². The Morgan fingerprint density at radius 3 is 2.32 bits per heavy atom. The van der Waals surface area contributed by atoms with Gasteiger partial charge in [0.25, 0.3) is 5.91 Å². The number of aliphatic hydroxyl groups excluding tert-OH is 1. The Balaban J connectivity index is 1.90. The van der Waals surface area contributed by atoms with Gasteiger partial charge in [0.05, 0.1) is 25.8 Å². The van der Waals surface area contributed by atoms with Crippen molar-refractivity contribution >= 4 is 17.5 Å². The molecule has 1 amide bonds. The second kappa shape index (κ2) is 8.31. The first kappa shape index (κ1) is 20.2. The van der Waals surface area contributed by atoms with Gasteiger partial charge in [-0.15, -0.1) is 0 Å². The summed E-state index contributed by atoms with van der Waals surface area (Å²) in [6, 6.07) is 17.8. The zero-order valence-corrected chi connectivity index (χ0v) is 17.0. The highest BCUT2D eigenvalue weighted by atomic mass is 16.5. The Morgan fingerprint density at radius 2 is 1.68 bits per heavy atom. The molecule has 1 aliphatic rings. The molecule has 7 heteroatoms. The second-order valence-corrected chi connectivity index (χ2v) is 6.84. The van der Waals surface area contributed by atoms with Crippen LogP contribution in [-0.4, -0.2) is 36.0 Å². The summed E-state index contributed by atoms with van der Waals surface area (Å²) >= 11 is 0. The van der Waals surface area contributed by atoms with Crippen molar-refractivity contribution in [3.63, 3.8) is 0 Å². The van der Waals surface area contributed by atoms with Crippen LogP contribution < -0.4 is 14.4 Å². The van der Waals surface area contributed by atoms with E-state index in [0.717, 1.165) is 0 Å². The summed E-state index contributed by atoms with van der Waals surface area (Å²) in [5.41, 5.74) is 0.916. The molecule has 1 aromatic heterocycles. The van der Waals surface area contributed by atoms with Gasteiger partial charge in [0, 0.05) is 11.8 Å². The Morgan fingerprint density at radius 1 is 0.968 bits per heavy atom. The van der Waals surface area contributed by atoms with Crippen LogP contribution >= 0.6 is 0 Å². The number of nitrogens with zero attached hydrogens (tertiary/aromatic N) is 2. The molecule has 0 bridgehead atoms. The van der Waals surface area contributed by atoms with Crippen molar-refractivity contribution in [3.05, 3.63) is 95.4 Å². The summed E-state index contributed by atoms with van der Waals surface area (Å²) in [5.74, 6) is -0.480. The van der Waals surface area contributed by atoms with E-state index >= 15 is 0 Å². The van der Waals surface area contributed by atoms with E-state index in [1.54, 1.807) is 72.9 Å². The molecule has 0 saturated heterocycles. The lowest BCUT2D eigenvalue weighted by Crippen LogP contribution is -2.31. The highest BCUT2D eigenvalue weighted by Gasteiger charge is 2.45. The third kappa shape index (κ3) is 3.50. The zero-order chi connectivity index (χ0) is 22.0. The quantitative estimate of drug-likeness (QED) is 0.614. The lowest BCUT2D eigenvalue weighted by atomic mass is 9.92. The summed E-state index contributed by atoms with van der Waals surface area (Å²) in [4.78, 5) is 32.0. The van der Waals surface area contributed by atoms with Gasteiger partial charge in [0.1, 0.15) is 5.82 Å². The number of amides is 1. The van der Waals surface area contributed by atoms with E-state index < -0.39 is 23.5 Å². The molecular weight excluding hydrogens is 396 g/mol. The van der Waals surface area contributed by atoms with Crippen molar-refractivity contribution in [2.75, 3.05) is 19.1 Å². The summed E-state index contributed by atoms with van der Waals surface area (Å²) in [6.45, 7) is 0. The molecule has 3 aromatic rings. The second-order valence-electron chi connectivity index (χ2n) is 6.84. The molecule has 156 valence electrons. The summed E-state index contributed by atoms with van der Waals surface area (Å²) < 4.78 is 10.7. The third-order valence-electron chi connectivity index (χ3n) is 5.11. The molecule has 1 atom stereocenters. The number of ketones is 1. The number of hydrogen-bond donors (Lipinski definition) is 1. The van der Waals surface area contributed by atoms with E-state index in [9.17, 15) is 14.7 Å². The van der Waals surface area contributed by atoms with Crippen LogP contribution in [0.1, 0.15) is 22.0 Å². The minimum absolute atomic E-state index is 0.0194. The number of Topliss-reactive ketones (excluding diaryl/α,β-unsaturated/α-hetero) is 1. The molecule has 2 aromatic carbocycles. The highest BCUT2D eigenvalue weighted by Crippen LogP contribution is 2.43. The first-order valence-electron chi connectivity index (χ1n) is 9.56. The molecule has 0 fully saturated rings. The standard InChI is InChI=1S/C24H20N2O5/c1-30-17-12-11-16(14-18(17)31-2)21-20(22(27)15-8-4-3-5-9-15)23(28)24(29)26(21)19-10-6-7-13-25-19/h3-14,21,28H,1-2H3. The van der Waals surface area contributed by atoms with Crippen LogP contribution in [-0.2, 0) is 4.79 Å². The molecule has 0 radical (unpaired) electrons. The summed E-state index contributed by atoms with van der Waals surface area (Å²) in [6.07, 6.45) is 1.54. The van der Waals surface area contributed by atoms with Crippen LogP contribution in [0.25, 0.3) is 0 Å². The average Bonchev–Trinajstić information content (AvgIpc) is 3.09. The van der Waals surface area contributed by atoms with E-state index in [-0.39, 0.29) is 5.57 Å². The molecule has 31 heavy (non-hydrogen) atoms. The van der Waals surface area contributed by atoms with Crippen LogP contribution in [0.5, 0.6) is 11.5 Å². The smallest absolute Gasteiger partial charge is 0.295 e. The van der Waals surface area contributed by atoms with E-state index in [1.807, 2.05) is 0 Å². The Kier molecular flexibility index (Phi) is 5.41. The van der Waals surface area contributed by atoms with Gasteiger partial charge in [-0.2, -0.15) is 0 Å². The molecule has 1 N–H and O–H groups in total. The third-order valence-corrected chi connectivity index (χ3v) is 5.11. The number of carbonyl (C=O) groups excluding carboxylic acids is 2. The molecular formula is C24H20N2O5. The lowest BCUT2D eigenvalue weighted by molar-refractivity contribution is -0.117. The zero-order valence-electron chi connectivity index (χ0n) is 17.0. The highest BCUT2D eigenvalue weighted by molar-refractivity contribution is 6.20. The summed E-state index contributed by atoms with van der Waals surface area (Å²) in [5, 5.41) is 10.8. The maximum absolute atomic E-state index is 13.4. The fraction of sp³-hybridized carbons (Fsp3) is 0.125. The number of benzene rings is 2. The van der Waals surface area contributed by atoms with Gasteiger partial charge >= 0.3 is 0 Å². The minimum Gasteiger partial charge on any atom is -0.503 e. The lowest BCUT2D eigenvalue weighted by Gasteiger charge is -2.26. The van der Waals surface area contributed by atoms with E-state index in [0.29, 0.717) is 28.4 Å². The van der Waals surface area contributed by atoms with Gasteiger partial charge in [-0.05, 0) is 29.8 Å². The SMILES string of the molecule is COc1ccc(C2C(C(=O)c3ccccc3)=C(O)C(=O)N2c2ccccn2)cc1OC. The average molecular weight is 416 g/mol. The number of anilines is 1. The fourth-order valence-corrected chi connectivity index (χ4v) is 3.65. The normalized spacial score (nSPS) is 15.9. The monoisotopic (exact) mass is 416 g/mol. The molecule has 7 nitrogen and oxygen atoms in total.